The maximum Gasteiger partial charge on any atom is 0.355 e. The molecule has 21 heavy (non-hydrogen) atoms. The van der Waals surface area contributed by atoms with E-state index in [1.54, 1.807) is 0 Å². The number of nitrogens with zero attached hydrogens (tertiary/aromatic N) is 1. The molecular formula is C15H16N2O3S. The summed E-state index contributed by atoms with van der Waals surface area (Å²) in [7, 11) is 0. The molecule has 2 aromatic rings. The summed E-state index contributed by atoms with van der Waals surface area (Å²) in [5.41, 5.74) is 1.75. The molecule has 0 spiro atoms. The largest absolute Gasteiger partial charge is 0.476 e. The molecule has 2 rings (SSSR count). The van der Waals surface area contributed by atoms with Crippen LogP contribution in [0.15, 0.2) is 29.6 Å². The van der Waals surface area contributed by atoms with Crippen molar-refractivity contribution in [2.75, 3.05) is 5.32 Å². The fourth-order valence-electron chi connectivity index (χ4n) is 1.71. The fourth-order valence-corrected chi connectivity index (χ4v) is 2.40. The monoisotopic (exact) mass is 304 g/mol. The van der Waals surface area contributed by atoms with E-state index in [-0.39, 0.29) is 16.1 Å². The van der Waals surface area contributed by atoms with Crippen LogP contribution in [0.4, 0.5) is 5.69 Å². The van der Waals surface area contributed by atoms with Gasteiger partial charge in [0.15, 0.2) is 10.7 Å². The van der Waals surface area contributed by atoms with E-state index in [0.717, 1.165) is 11.3 Å². The summed E-state index contributed by atoms with van der Waals surface area (Å²) in [4.78, 5) is 26.5. The van der Waals surface area contributed by atoms with Gasteiger partial charge in [0.05, 0.1) is 0 Å². The van der Waals surface area contributed by atoms with Gasteiger partial charge in [-0.25, -0.2) is 9.78 Å². The van der Waals surface area contributed by atoms with Crippen molar-refractivity contribution in [2.45, 2.75) is 26.2 Å². The second-order valence-corrected chi connectivity index (χ2v) is 6.48. The number of carbonyl (C=O) groups excluding carboxylic acids is 1. The maximum atomic E-state index is 12.0. The van der Waals surface area contributed by atoms with Gasteiger partial charge in [-0.15, -0.1) is 11.3 Å². The van der Waals surface area contributed by atoms with Gasteiger partial charge >= 0.3 is 5.97 Å². The van der Waals surface area contributed by atoms with Gasteiger partial charge in [0, 0.05) is 11.1 Å². The highest BCUT2D eigenvalue weighted by molar-refractivity contribution is 7.12. The van der Waals surface area contributed by atoms with Gasteiger partial charge in [-0.1, -0.05) is 32.9 Å². The van der Waals surface area contributed by atoms with Gasteiger partial charge in [-0.3, -0.25) is 4.79 Å². The highest BCUT2D eigenvalue weighted by Gasteiger charge is 2.16. The number of aromatic carboxylic acids is 1. The molecular weight excluding hydrogens is 288 g/mol. The van der Waals surface area contributed by atoms with Crippen molar-refractivity contribution < 1.29 is 14.7 Å². The number of aromatic nitrogens is 1. The van der Waals surface area contributed by atoms with Crippen LogP contribution in [0, 0.1) is 0 Å². The average Bonchev–Trinajstić information content (AvgIpc) is 2.88. The van der Waals surface area contributed by atoms with Crippen molar-refractivity contribution >= 4 is 28.9 Å². The molecule has 1 amide bonds. The molecule has 0 aliphatic heterocycles. The summed E-state index contributed by atoms with van der Waals surface area (Å²) in [6, 6.07) is 7.56. The van der Waals surface area contributed by atoms with Crippen LogP contribution >= 0.6 is 11.3 Å². The molecule has 0 saturated heterocycles. The molecule has 0 unspecified atom stereocenters. The van der Waals surface area contributed by atoms with Crippen LogP contribution in [0.1, 0.15) is 46.6 Å². The van der Waals surface area contributed by atoms with Crippen LogP contribution in [0.25, 0.3) is 0 Å². The number of nitrogens with one attached hydrogen (secondary N) is 1. The van der Waals surface area contributed by atoms with Crippen molar-refractivity contribution in [1.82, 2.24) is 4.98 Å². The molecule has 0 atom stereocenters. The van der Waals surface area contributed by atoms with E-state index in [1.807, 2.05) is 24.3 Å². The number of benzene rings is 1. The van der Waals surface area contributed by atoms with E-state index in [9.17, 15) is 9.59 Å². The van der Waals surface area contributed by atoms with E-state index in [2.05, 4.69) is 31.1 Å². The third-order valence-corrected chi connectivity index (χ3v) is 3.77. The summed E-state index contributed by atoms with van der Waals surface area (Å²) in [5.74, 6) is -1.55. The lowest BCUT2D eigenvalue weighted by Gasteiger charge is -2.19. The maximum absolute atomic E-state index is 12.0. The predicted molar refractivity (Wildman–Crippen MR) is 82.2 cm³/mol. The molecule has 0 radical (unpaired) electrons. The summed E-state index contributed by atoms with van der Waals surface area (Å²) in [6.45, 7) is 6.34. The molecule has 0 aliphatic carbocycles. The van der Waals surface area contributed by atoms with E-state index in [4.69, 9.17) is 5.11 Å². The zero-order valence-electron chi connectivity index (χ0n) is 12.0. The number of carbonyl (C=O) groups is 2. The molecule has 1 aromatic heterocycles. The molecule has 0 bridgehead atoms. The lowest BCUT2D eigenvalue weighted by molar-refractivity contribution is 0.0691. The Balaban J connectivity index is 2.10. The van der Waals surface area contributed by atoms with Crippen LogP contribution in [-0.4, -0.2) is 22.0 Å². The average molecular weight is 304 g/mol. The molecule has 0 saturated carbocycles. The first kappa shape index (κ1) is 15.2. The molecule has 5 nitrogen and oxygen atoms in total. The third-order valence-electron chi connectivity index (χ3n) is 2.93. The first-order chi connectivity index (χ1) is 9.77. The Kier molecular flexibility index (Phi) is 4.09. The highest BCUT2D eigenvalue weighted by atomic mass is 32.1. The van der Waals surface area contributed by atoms with Gasteiger partial charge in [0.25, 0.3) is 5.91 Å². The summed E-state index contributed by atoms with van der Waals surface area (Å²) in [5, 5.41) is 13.0. The molecule has 110 valence electrons. The number of anilines is 1. The normalized spacial score (nSPS) is 11.2. The third kappa shape index (κ3) is 3.66. The van der Waals surface area contributed by atoms with Crippen molar-refractivity contribution in [3.63, 3.8) is 0 Å². The van der Waals surface area contributed by atoms with Gasteiger partial charge in [-0.05, 0) is 23.1 Å². The number of hydrogen-bond donors (Lipinski definition) is 2. The van der Waals surface area contributed by atoms with Crippen LogP contribution in [0.5, 0.6) is 0 Å². The second kappa shape index (κ2) is 5.65. The first-order valence-electron chi connectivity index (χ1n) is 6.38. The fraction of sp³-hybridized carbons (Fsp3) is 0.267. The minimum absolute atomic E-state index is 0.0498. The van der Waals surface area contributed by atoms with E-state index >= 15 is 0 Å². The number of rotatable bonds is 3. The molecule has 6 heteroatoms. The van der Waals surface area contributed by atoms with Gasteiger partial charge in [0.2, 0.25) is 0 Å². The lowest BCUT2D eigenvalue weighted by atomic mass is 9.87. The Labute approximate surface area is 126 Å². The second-order valence-electron chi connectivity index (χ2n) is 5.62. The minimum Gasteiger partial charge on any atom is -0.476 e. The Morgan fingerprint density at radius 3 is 2.29 bits per heavy atom. The summed E-state index contributed by atoms with van der Waals surface area (Å²) >= 11 is 1.01. The van der Waals surface area contributed by atoms with Gasteiger partial charge in [-0.2, -0.15) is 0 Å². The molecule has 0 aliphatic rings. The minimum atomic E-state index is -1.14. The number of thiazole rings is 1. The van der Waals surface area contributed by atoms with Gasteiger partial charge < -0.3 is 10.4 Å². The highest BCUT2D eigenvalue weighted by Crippen LogP contribution is 2.23. The number of hydrogen-bond acceptors (Lipinski definition) is 4. The Hall–Kier alpha value is -2.21. The molecule has 0 fully saturated rings. The smallest absolute Gasteiger partial charge is 0.355 e. The SMILES string of the molecule is CC(C)(C)c1ccc(NC(=O)c2nc(C(=O)O)cs2)cc1. The van der Waals surface area contributed by atoms with Crippen molar-refractivity contribution in [3.8, 4) is 0 Å². The van der Waals surface area contributed by atoms with Crippen LogP contribution in [0.2, 0.25) is 0 Å². The molecule has 2 N–H and O–H groups in total. The van der Waals surface area contributed by atoms with E-state index in [0.29, 0.717) is 5.69 Å². The van der Waals surface area contributed by atoms with Crippen LogP contribution in [0.3, 0.4) is 0 Å². The number of carboxylic acids is 1. The van der Waals surface area contributed by atoms with Gasteiger partial charge in [0.1, 0.15) is 0 Å². The number of carboxylic acid groups (broad SMARTS) is 1. The Morgan fingerprint density at radius 2 is 1.81 bits per heavy atom. The quantitative estimate of drug-likeness (QED) is 0.911. The first-order valence-corrected chi connectivity index (χ1v) is 7.26. The zero-order valence-corrected chi connectivity index (χ0v) is 12.8. The Morgan fingerprint density at radius 1 is 1.19 bits per heavy atom. The Bertz CT molecular complexity index is 669. The summed E-state index contributed by atoms with van der Waals surface area (Å²) < 4.78 is 0. The molecule has 1 aromatic carbocycles. The zero-order chi connectivity index (χ0) is 15.6. The predicted octanol–water partition coefficient (Wildman–Crippen LogP) is 3.39. The van der Waals surface area contributed by atoms with Crippen molar-refractivity contribution in [2.24, 2.45) is 0 Å². The van der Waals surface area contributed by atoms with Crippen LogP contribution < -0.4 is 5.32 Å². The van der Waals surface area contributed by atoms with Crippen molar-refractivity contribution in [1.29, 1.82) is 0 Å². The lowest BCUT2D eigenvalue weighted by Crippen LogP contribution is -2.13. The summed E-state index contributed by atoms with van der Waals surface area (Å²) in [6.07, 6.45) is 0. The number of amides is 1. The van der Waals surface area contributed by atoms with E-state index in [1.165, 1.54) is 10.9 Å². The topological polar surface area (TPSA) is 79.3 Å². The standard InChI is InChI=1S/C15H16N2O3S/c1-15(2,3)9-4-6-10(7-5-9)16-12(18)13-17-11(8-21-13)14(19)20/h4-8H,1-3H3,(H,16,18)(H,19,20). The van der Waals surface area contributed by atoms with Crippen molar-refractivity contribution in [3.05, 3.63) is 45.9 Å². The van der Waals surface area contributed by atoms with E-state index < -0.39 is 11.9 Å². The molecule has 1 heterocycles. The van der Waals surface area contributed by atoms with Crippen LogP contribution in [-0.2, 0) is 5.41 Å².